The molecule has 0 spiro atoms. The molecule has 1 N–H and O–H groups in total. The van der Waals surface area contributed by atoms with Crippen LogP contribution in [0, 0.1) is 26.6 Å². The Morgan fingerprint density at radius 3 is 2.43 bits per heavy atom. The predicted octanol–water partition coefficient (Wildman–Crippen LogP) is 4.64. The fourth-order valence-electron chi connectivity index (χ4n) is 2.64. The fourth-order valence-corrected chi connectivity index (χ4v) is 2.64. The van der Waals surface area contributed by atoms with Crippen molar-refractivity contribution in [2.75, 3.05) is 6.54 Å². The number of rotatable bonds is 5. The molecule has 0 bridgehead atoms. The Labute approximate surface area is 127 Å². The smallest absolute Gasteiger partial charge is 0.130 e. The molecule has 0 aliphatic carbocycles. The number of hydrogen-bond acceptors (Lipinski definition) is 1. The zero-order valence-electron chi connectivity index (χ0n) is 13.3. The maximum atomic E-state index is 14.4. The third kappa shape index (κ3) is 3.70. The summed E-state index contributed by atoms with van der Waals surface area (Å²) in [6.45, 7) is 8.93. The van der Waals surface area contributed by atoms with E-state index in [2.05, 4.69) is 44.3 Å². The van der Waals surface area contributed by atoms with Crippen molar-refractivity contribution < 1.29 is 4.39 Å². The molecule has 1 nitrogen and oxygen atoms in total. The molecule has 0 fully saturated rings. The summed E-state index contributed by atoms with van der Waals surface area (Å²) >= 11 is 0. The SMILES string of the molecule is CCNC(Cc1ccc(C)c(C)c1)c1cccc(C)c1F. The Kier molecular flexibility index (Phi) is 5.13. The summed E-state index contributed by atoms with van der Waals surface area (Å²) in [5, 5.41) is 3.41. The second kappa shape index (κ2) is 6.86. The highest BCUT2D eigenvalue weighted by molar-refractivity contribution is 5.33. The molecule has 2 rings (SSSR count). The summed E-state index contributed by atoms with van der Waals surface area (Å²) in [4.78, 5) is 0. The first kappa shape index (κ1) is 15.7. The quantitative estimate of drug-likeness (QED) is 0.843. The number of halogens is 1. The number of aryl methyl sites for hydroxylation is 3. The molecule has 0 aromatic heterocycles. The second-order valence-corrected chi connectivity index (χ2v) is 5.71. The third-order valence-electron chi connectivity index (χ3n) is 4.06. The molecule has 2 heteroatoms. The van der Waals surface area contributed by atoms with E-state index < -0.39 is 0 Å². The molecule has 0 amide bonds. The van der Waals surface area contributed by atoms with Crippen molar-refractivity contribution in [2.24, 2.45) is 0 Å². The molecule has 1 atom stereocenters. The largest absolute Gasteiger partial charge is 0.310 e. The highest BCUT2D eigenvalue weighted by Gasteiger charge is 2.16. The van der Waals surface area contributed by atoms with Gasteiger partial charge in [0.15, 0.2) is 0 Å². The van der Waals surface area contributed by atoms with E-state index in [-0.39, 0.29) is 11.9 Å². The van der Waals surface area contributed by atoms with E-state index in [9.17, 15) is 4.39 Å². The van der Waals surface area contributed by atoms with Crippen LogP contribution in [0.2, 0.25) is 0 Å². The maximum absolute atomic E-state index is 14.4. The molecule has 0 aliphatic heterocycles. The van der Waals surface area contributed by atoms with Gasteiger partial charge in [-0.1, -0.05) is 43.3 Å². The van der Waals surface area contributed by atoms with Gasteiger partial charge in [-0.25, -0.2) is 4.39 Å². The lowest BCUT2D eigenvalue weighted by Gasteiger charge is -2.20. The van der Waals surface area contributed by atoms with Gasteiger partial charge in [0.2, 0.25) is 0 Å². The molecule has 0 aliphatic rings. The van der Waals surface area contributed by atoms with Gasteiger partial charge in [-0.15, -0.1) is 0 Å². The van der Waals surface area contributed by atoms with Crippen LogP contribution in [0.4, 0.5) is 4.39 Å². The van der Waals surface area contributed by atoms with Crippen LogP contribution in [0.25, 0.3) is 0 Å². The molecule has 2 aromatic rings. The second-order valence-electron chi connectivity index (χ2n) is 5.71. The molecular weight excluding hydrogens is 261 g/mol. The van der Waals surface area contributed by atoms with Gasteiger partial charge in [0.1, 0.15) is 5.82 Å². The summed E-state index contributed by atoms with van der Waals surface area (Å²) in [5.41, 5.74) is 5.28. The average Bonchev–Trinajstić information content (AvgIpc) is 2.45. The summed E-state index contributed by atoms with van der Waals surface area (Å²) in [6, 6.07) is 12.1. The van der Waals surface area contributed by atoms with Crippen LogP contribution in [0.1, 0.15) is 40.8 Å². The highest BCUT2D eigenvalue weighted by atomic mass is 19.1. The van der Waals surface area contributed by atoms with Gasteiger partial charge >= 0.3 is 0 Å². The minimum absolute atomic E-state index is 0.0111. The summed E-state index contributed by atoms with van der Waals surface area (Å²) in [7, 11) is 0. The first-order chi connectivity index (χ1) is 10.0. The van der Waals surface area contributed by atoms with Crippen LogP contribution in [0.3, 0.4) is 0 Å². The molecule has 0 saturated heterocycles. The van der Waals surface area contributed by atoms with E-state index in [1.165, 1.54) is 16.7 Å². The van der Waals surface area contributed by atoms with Crippen LogP contribution >= 0.6 is 0 Å². The molecule has 21 heavy (non-hydrogen) atoms. The zero-order chi connectivity index (χ0) is 15.4. The average molecular weight is 285 g/mol. The molecule has 0 saturated carbocycles. The minimum Gasteiger partial charge on any atom is -0.310 e. The molecule has 2 aromatic carbocycles. The first-order valence-electron chi connectivity index (χ1n) is 7.57. The maximum Gasteiger partial charge on any atom is 0.130 e. The Hall–Kier alpha value is -1.67. The lowest BCUT2D eigenvalue weighted by Crippen LogP contribution is -2.24. The summed E-state index contributed by atoms with van der Waals surface area (Å²) in [6.07, 6.45) is 0.801. The topological polar surface area (TPSA) is 12.0 Å². The van der Waals surface area contributed by atoms with Crippen molar-refractivity contribution in [2.45, 2.75) is 40.2 Å². The molecule has 1 unspecified atom stereocenters. The van der Waals surface area contributed by atoms with Crippen molar-refractivity contribution in [1.29, 1.82) is 0 Å². The normalized spacial score (nSPS) is 12.4. The monoisotopic (exact) mass is 285 g/mol. The van der Waals surface area contributed by atoms with Gasteiger partial charge in [-0.3, -0.25) is 0 Å². The van der Waals surface area contributed by atoms with Crippen molar-refractivity contribution in [3.63, 3.8) is 0 Å². The van der Waals surface area contributed by atoms with E-state index in [4.69, 9.17) is 0 Å². The first-order valence-corrected chi connectivity index (χ1v) is 7.57. The van der Waals surface area contributed by atoms with Crippen LogP contribution in [-0.2, 0) is 6.42 Å². The minimum atomic E-state index is -0.0905. The van der Waals surface area contributed by atoms with Crippen LogP contribution in [-0.4, -0.2) is 6.54 Å². The van der Waals surface area contributed by atoms with Crippen LogP contribution < -0.4 is 5.32 Å². The predicted molar refractivity (Wildman–Crippen MR) is 87.2 cm³/mol. The lowest BCUT2D eigenvalue weighted by atomic mass is 9.95. The Morgan fingerprint density at radius 2 is 1.76 bits per heavy atom. The molecule has 0 heterocycles. The van der Waals surface area contributed by atoms with Gasteiger partial charge in [0, 0.05) is 11.6 Å². The highest BCUT2D eigenvalue weighted by Crippen LogP contribution is 2.24. The summed E-state index contributed by atoms with van der Waals surface area (Å²) < 4.78 is 14.4. The Morgan fingerprint density at radius 1 is 1.00 bits per heavy atom. The van der Waals surface area contributed by atoms with E-state index in [0.29, 0.717) is 5.56 Å². The van der Waals surface area contributed by atoms with Crippen molar-refractivity contribution in [1.82, 2.24) is 5.32 Å². The molecule has 0 radical (unpaired) electrons. The van der Waals surface area contributed by atoms with Crippen molar-refractivity contribution in [3.8, 4) is 0 Å². The van der Waals surface area contributed by atoms with Gasteiger partial charge in [0.05, 0.1) is 0 Å². The van der Waals surface area contributed by atoms with E-state index in [1.807, 2.05) is 25.1 Å². The van der Waals surface area contributed by atoms with Gasteiger partial charge in [0.25, 0.3) is 0 Å². The van der Waals surface area contributed by atoms with Gasteiger partial charge in [-0.2, -0.15) is 0 Å². The fraction of sp³-hybridized carbons (Fsp3) is 0.368. The van der Waals surface area contributed by atoms with Crippen molar-refractivity contribution >= 4 is 0 Å². The van der Waals surface area contributed by atoms with Gasteiger partial charge < -0.3 is 5.32 Å². The van der Waals surface area contributed by atoms with E-state index >= 15 is 0 Å². The number of likely N-dealkylation sites (N-methyl/N-ethyl adjacent to an activating group) is 1. The Balaban J connectivity index is 2.30. The number of benzene rings is 2. The van der Waals surface area contributed by atoms with Crippen molar-refractivity contribution in [3.05, 3.63) is 70.0 Å². The number of nitrogens with one attached hydrogen (secondary N) is 1. The van der Waals surface area contributed by atoms with Gasteiger partial charge in [-0.05, 0) is 56.0 Å². The van der Waals surface area contributed by atoms with Crippen LogP contribution in [0.5, 0.6) is 0 Å². The third-order valence-corrected chi connectivity index (χ3v) is 4.06. The van der Waals surface area contributed by atoms with Crippen LogP contribution in [0.15, 0.2) is 36.4 Å². The van der Waals surface area contributed by atoms with E-state index in [0.717, 1.165) is 18.5 Å². The number of hydrogen-bond donors (Lipinski definition) is 1. The van der Waals surface area contributed by atoms with E-state index in [1.54, 1.807) is 0 Å². The zero-order valence-corrected chi connectivity index (χ0v) is 13.3. The lowest BCUT2D eigenvalue weighted by molar-refractivity contribution is 0.507. The summed E-state index contributed by atoms with van der Waals surface area (Å²) in [5.74, 6) is -0.0905. The molecule has 112 valence electrons. The Bertz CT molecular complexity index is 619. The molecular formula is C19H24FN. The standard InChI is InChI=1S/C19H24FN/c1-5-21-18(17-8-6-7-14(3)19(17)20)12-16-10-9-13(2)15(4)11-16/h6-11,18,21H,5,12H2,1-4H3.